The molecule has 1 heterocycles. The van der Waals surface area contributed by atoms with Crippen LogP contribution in [0.15, 0.2) is 0 Å². The highest BCUT2D eigenvalue weighted by atomic mass is 16.4. The van der Waals surface area contributed by atoms with E-state index in [1.54, 1.807) is 6.92 Å². The summed E-state index contributed by atoms with van der Waals surface area (Å²) in [5.41, 5.74) is 0. The number of hydrogen-bond donors (Lipinski definition) is 1. The van der Waals surface area contributed by atoms with E-state index in [1.807, 2.05) is 0 Å². The minimum atomic E-state index is -0.944. The van der Waals surface area contributed by atoms with Crippen LogP contribution in [0.25, 0.3) is 0 Å². The Morgan fingerprint density at radius 1 is 1.73 bits per heavy atom. The van der Waals surface area contributed by atoms with Gasteiger partial charge in [0.25, 0.3) is 0 Å². The van der Waals surface area contributed by atoms with Gasteiger partial charge in [0, 0.05) is 0 Å². The number of hydrogen-bond acceptors (Lipinski definition) is 4. The molecule has 1 N–H and O–H groups in total. The summed E-state index contributed by atoms with van der Waals surface area (Å²) >= 11 is 0. The molecule has 6 nitrogen and oxygen atoms in total. The molecule has 0 aliphatic rings. The number of rotatable bonds is 2. The van der Waals surface area contributed by atoms with Crippen LogP contribution in [0.5, 0.6) is 0 Å². The maximum Gasteiger partial charge on any atom is 0.328 e. The fourth-order valence-corrected chi connectivity index (χ4v) is 0.701. The second-order valence-corrected chi connectivity index (χ2v) is 2.18. The van der Waals surface area contributed by atoms with E-state index in [0.29, 0.717) is 5.82 Å². The molecular formula is C5H8N4O2. The highest BCUT2D eigenvalue weighted by Crippen LogP contribution is 2.03. The summed E-state index contributed by atoms with van der Waals surface area (Å²) in [6.07, 6.45) is 0. The molecule has 0 bridgehead atoms. The first-order valence-electron chi connectivity index (χ1n) is 3.10. The second-order valence-electron chi connectivity index (χ2n) is 2.18. The average Bonchev–Trinajstić information content (AvgIpc) is 2.33. The molecule has 60 valence electrons. The fourth-order valence-electron chi connectivity index (χ4n) is 0.701. The van der Waals surface area contributed by atoms with Gasteiger partial charge in [-0.05, 0) is 24.3 Å². The lowest BCUT2D eigenvalue weighted by atomic mass is 10.3. The number of aromatic nitrogens is 4. The lowest BCUT2D eigenvalue weighted by molar-refractivity contribution is -0.140. The Balaban J connectivity index is 2.92. The van der Waals surface area contributed by atoms with Gasteiger partial charge in [0.15, 0.2) is 0 Å². The normalized spacial score (nSPS) is 12.9. The van der Waals surface area contributed by atoms with Gasteiger partial charge >= 0.3 is 5.97 Å². The third-order valence-corrected chi connectivity index (χ3v) is 1.38. The van der Waals surface area contributed by atoms with Crippen LogP contribution < -0.4 is 0 Å². The van der Waals surface area contributed by atoms with Gasteiger partial charge in [0.2, 0.25) is 0 Å². The first kappa shape index (κ1) is 7.64. The van der Waals surface area contributed by atoms with Crippen molar-refractivity contribution in [2.45, 2.75) is 19.9 Å². The topological polar surface area (TPSA) is 80.9 Å². The summed E-state index contributed by atoms with van der Waals surface area (Å²) in [5, 5.41) is 19.0. The van der Waals surface area contributed by atoms with Crippen LogP contribution in [-0.4, -0.2) is 31.3 Å². The van der Waals surface area contributed by atoms with Crippen molar-refractivity contribution in [1.29, 1.82) is 0 Å². The van der Waals surface area contributed by atoms with Crippen molar-refractivity contribution >= 4 is 5.97 Å². The Kier molecular flexibility index (Phi) is 1.84. The molecule has 6 heteroatoms. The van der Waals surface area contributed by atoms with Crippen molar-refractivity contribution in [3.63, 3.8) is 0 Å². The van der Waals surface area contributed by atoms with E-state index in [1.165, 1.54) is 11.6 Å². The van der Waals surface area contributed by atoms with Crippen molar-refractivity contribution in [3.05, 3.63) is 5.82 Å². The van der Waals surface area contributed by atoms with E-state index in [0.717, 1.165) is 0 Å². The molecule has 11 heavy (non-hydrogen) atoms. The predicted molar refractivity (Wildman–Crippen MR) is 34.9 cm³/mol. The molecule has 0 radical (unpaired) electrons. The third-order valence-electron chi connectivity index (χ3n) is 1.38. The average molecular weight is 156 g/mol. The van der Waals surface area contributed by atoms with E-state index in [-0.39, 0.29) is 0 Å². The van der Waals surface area contributed by atoms with Gasteiger partial charge in [-0.2, -0.15) is 0 Å². The number of tetrazole rings is 1. The van der Waals surface area contributed by atoms with Gasteiger partial charge < -0.3 is 5.11 Å². The SMILES string of the molecule is Cc1nnnn1C(C)C(=O)O. The van der Waals surface area contributed by atoms with Crippen molar-refractivity contribution in [2.24, 2.45) is 0 Å². The Bertz CT molecular complexity index is 269. The summed E-state index contributed by atoms with van der Waals surface area (Å²) in [7, 11) is 0. The molecule has 0 aliphatic carbocycles. The fraction of sp³-hybridized carbons (Fsp3) is 0.600. The Labute approximate surface area is 62.8 Å². The predicted octanol–water partition coefficient (Wildman–Crippen LogP) is -0.373. The molecule has 0 saturated heterocycles. The highest BCUT2D eigenvalue weighted by Gasteiger charge is 2.16. The first-order chi connectivity index (χ1) is 5.13. The van der Waals surface area contributed by atoms with Crippen LogP contribution in [-0.2, 0) is 4.79 Å². The van der Waals surface area contributed by atoms with Crippen LogP contribution in [0.3, 0.4) is 0 Å². The van der Waals surface area contributed by atoms with Gasteiger partial charge in [-0.1, -0.05) is 0 Å². The Morgan fingerprint density at radius 3 is 2.73 bits per heavy atom. The standard InChI is InChI=1S/C5H8N4O2/c1-3(5(10)11)9-4(2)6-7-8-9/h3H,1-2H3,(H,10,11). The molecule has 0 amide bonds. The van der Waals surface area contributed by atoms with Gasteiger partial charge in [-0.25, -0.2) is 9.48 Å². The van der Waals surface area contributed by atoms with Crippen LogP contribution in [0.2, 0.25) is 0 Å². The number of aliphatic carboxylic acids is 1. The van der Waals surface area contributed by atoms with Gasteiger partial charge in [-0.15, -0.1) is 5.10 Å². The van der Waals surface area contributed by atoms with Crippen molar-refractivity contribution in [2.75, 3.05) is 0 Å². The molecule has 0 aliphatic heterocycles. The third kappa shape index (κ3) is 1.34. The molecule has 1 rings (SSSR count). The van der Waals surface area contributed by atoms with E-state index < -0.39 is 12.0 Å². The maximum absolute atomic E-state index is 10.4. The molecule has 1 aromatic heterocycles. The van der Waals surface area contributed by atoms with E-state index in [2.05, 4.69) is 15.5 Å². The number of carboxylic acids is 1. The minimum Gasteiger partial charge on any atom is -0.480 e. The van der Waals surface area contributed by atoms with Crippen LogP contribution >= 0.6 is 0 Å². The molecule has 0 saturated carbocycles. The summed E-state index contributed by atoms with van der Waals surface area (Å²) in [5.74, 6) is -0.444. The molecule has 0 fully saturated rings. The van der Waals surface area contributed by atoms with Crippen LogP contribution in [0.4, 0.5) is 0 Å². The summed E-state index contributed by atoms with van der Waals surface area (Å²) < 4.78 is 1.25. The first-order valence-corrected chi connectivity index (χ1v) is 3.10. The van der Waals surface area contributed by atoms with Gasteiger partial charge in [-0.3, -0.25) is 0 Å². The molecular weight excluding hydrogens is 148 g/mol. The smallest absolute Gasteiger partial charge is 0.328 e. The van der Waals surface area contributed by atoms with Crippen molar-refractivity contribution in [1.82, 2.24) is 20.2 Å². The highest BCUT2D eigenvalue weighted by molar-refractivity contribution is 5.71. The monoisotopic (exact) mass is 156 g/mol. The van der Waals surface area contributed by atoms with Gasteiger partial charge in [0.1, 0.15) is 11.9 Å². The number of carbonyl (C=O) groups is 1. The number of carboxylic acid groups (broad SMARTS) is 1. The number of nitrogens with zero attached hydrogens (tertiary/aromatic N) is 4. The second kappa shape index (κ2) is 2.65. The quantitative estimate of drug-likeness (QED) is 0.631. The molecule has 0 aromatic carbocycles. The maximum atomic E-state index is 10.4. The zero-order chi connectivity index (χ0) is 8.43. The zero-order valence-electron chi connectivity index (χ0n) is 6.22. The molecule has 1 atom stereocenters. The Hall–Kier alpha value is -1.46. The largest absolute Gasteiger partial charge is 0.480 e. The lowest BCUT2D eigenvalue weighted by Gasteiger charge is -2.04. The molecule has 1 unspecified atom stereocenters. The van der Waals surface area contributed by atoms with Crippen molar-refractivity contribution in [3.8, 4) is 0 Å². The van der Waals surface area contributed by atoms with E-state index in [9.17, 15) is 4.79 Å². The summed E-state index contributed by atoms with van der Waals surface area (Å²) in [6.45, 7) is 3.17. The summed E-state index contributed by atoms with van der Waals surface area (Å²) in [4.78, 5) is 10.4. The zero-order valence-corrected chi connectivity index (χ0v) is 6.22. The molecule has 1 aromatic rings. The number of aryl methyl sites for hydroxylation is 1. The summed E-state index contributed by atoms with van der Waals surface area (Å²) in [6, 6.07) is -0.704. The van der Waals surface area contributed by atoms with Crippen LogP contribution in [0, 0.1) is 6.92 Å². The van der Waals surface area contributed by atoms with Crippen molar-refractivity contribution < 1.29 is 9.90 Å². The minimum absolute atomic E-state index is 0.500. The molecule has 0 spiro atoms. The lowest BCUT2D eigenvalue weighted by Crippen LogP contribution is -2.18. The van der Waals surface area contributed by atoms with Crippen LogP contribution in [0.1, 0.15) is 18.8 Å². The van der Waals surface area contributed by atoms with E-state index in [4.69, 9.17) is 5.11 Å². The van der Waals surface area contributed by atoms with E-state index >= 15 is 0 Å². The Morgan fingerprint density at radius 2 is 2.36 bits per heavy atom. The van der Waals surface area contributed by atoms with Gasteiger partial charge in [0.05, 0.1) is 0 Å².